The highest BCUT2D eigenvalue weighted by molar-refractivity contribution is 6.32. The number of halogens is 1. The number of nitrogens with zero attached hydrogens (tertiary/aromatic N) is 1. The van der Waals surface area contributed by atoms with Crippen LogP contribution in [0.25, 0.3) is 0 Å². The molecule has 1 amide bonds. The summed E-state index contributed by atoms with van der Waals surface area (Å²) < 4.78 is 10.0. The molecule has 0 N–H and O–H groups in total. The molecule has 0 saturated heterocycles. The van der Waals surface area contributed by atoms with Crippen molar-refractivity contribution in [3.05, 3.63) is 28.8 Å². The van der Waals surface area contributed by atoms with E-state index in [1.54, 1.807) is 12.1 Å². The zero-order valence-corrected chi connectivity index (χ0v) is 13.3. The van der Waals surface area contributed by atoms with Gasteiger partial charge in [-0.25, -0.2) is 0 Å². The third-order valence-corrected chi connectivity index (χ3v) is 3.14. The minimum Gasteiger partial charge on any atom is -0.482 e. The number of hydrogen-bond acceptors (Lipinski definition) is 4. The molecule has 0 aliphatic carbocycles. The van der Waals surface area contributed by atoms with Crippen molar-refractivity contribution in [3.63, 3.8) is 0 Å². The molecule has 0 bridgehead atoms. The number of esters is 1. The van der Waals surface area contributed by atoms with Crippen molar-refractivity contribution in [2.75, 3.05) is 26.8 Å². The van der Waals surface area contributed by atoms with Gasteiger partial charge >= 0.3 is 5.97 Å². The number of ether oxygens (including phenoxy) is 2. The number of rotatable bonds is 7. The molecule has 21 heavy (non-hydrogen) atoms. The Kier molecular flexibility index (Phi) is 7.02. The van der Waals surface area contributed by atoms with Crippen LogP contribution in [0.1, 0.15) is 18.9 Å². The summed E-state index contributed by atoms with van der Waals surface area (Å²) in [5, 5.41) is 0.448. The van der Waals surface area contributed by atoms with Crippen molar-refractivity contribution >= 4 is 23.5 Å². The summed E-state index contributed by atoms with van der Waals surface area (Å²) >= 11 is 6.00. The lowest BCUT2D eigenvalue weighted by atomic mass is 10.2. The lowest BCUT2D eigenvalue weighted by Crippen LogP contribution is -2.39. The van der Waals surface area contributed by atoms with Gasteiger partial charge in [0.15, 0.2) is 6.61 Å². The van der Waals surface area contributed by atoms with Crippen LogP contribution >= 0.6 is 11.6 Å². The molecule has 0 fully saturated rings. The van der Waals surface area contributed by atoms with Crippen LogP contribution in [0.15, 0.2) is 18.2 Å². The maximum absolute atomic E-state index is 12.1. The second-order valence-electron chi connectivity index (χ2n) is 4.61. The van der Waals surface area contributed by atoms with E-state index in [9.17, 15) is 9.59 Å². The van der Waals surface area contributed by atoms with Gasteiger partial charge in [-0.2, -0.15) is 0 Å². The largest absolute Gasteiger partial charge is 0.482 e. The van der Waals surface area contributed by atoms with E-state index in [4.69, 9.17) is 16.3 Å². The van der Waals surface area contributed by atoms with Crippen LogP contribution in [-0.4, -0.2) is 43.6 Å². The molecule has 0 aliphatic rings. The van der Waals surface area contributed by atoms with Gasteiger partial charge in [0.1, 0.15) is 12.3 Å². The van der Waals surface area contributed by atoms with Gasteiger partial charge in [0.2, 0.25) is 0 Å². The first kappa shape index (κ1) is 17.3. The molecule has 0 aromatic heterocycles. The number of methoxy groups -OCH3 is 1. The molecular weight excluding hydrogens is 294 g/mol. The minimum atomic E-state index is -0.453. The molecule has 1 aromatic carbocycles. The number of amides is 1. The average molecular weight is 314 g/mol. The third kappa shape index (κ3) is 5.63. The highest BCUT2D eigenvalue weighted by Gasteiger charge is 2.17. The zero-order chi connectivity index (χ0) is 15.8. The van der Waals surface area contributed by atoms with Crippen LogP contribution in [0.5, 0.6) is 5.75 Å². The van der Waals surface area contributed by atoms with Crippen LogP contribution in [0, 0.1) is 6.92 Å². The Bertz CT molecular complexity index is 504. The fourth-order valence-corrected chi connectivity index (χ4v) is 1.91. The summed E-state index contributed by atoms with van der Waals surface area (Å²) in [6, 6.07) is 5.34. The first-order chi connectivity index (χ1) is 9.97. The highest BCUT2D eigenvalue weighted by atomic mass is 35.5. The molecule has 0 unspecified atom stereocenters. The summed E-state index contributed by atoms with van der Waals surface area (Å²) in [5.41, 5.74) is 0.988. The van der Waals surface area contributed by atoms with E-state index in [1.807, 2.05) is 19.9 Å². The molecule has 0 heterocycles. The summed E-state index contributed by atoms with van der Waals surface area (Å²) in [4.78, 5) is 24.8. The van der Waals surface area contributed by atoms with Gasteiger partial charge in [-0.15, -0.1) is 0 Å². The molecule has 5 nitrogen and oxygen atoms in total. The molecule has 0 saturated carbocycles. The molecular formula is C15H20ClNO4. The smallest absolute Gasteiger partial charge is 0.325 e. The van der Waals surface area contributed by atoms with E-state index < -0.39 is 5.97 Å². The van der Waals surface area contributed by atoms with Crippen molar-refractivity contribution in [3.8, 4) is 5.75 Å². The third-order valence-electron chi connectivity index (χ3n) is 2.83. The van der Waals surface area contributed by atoms with Crippen LogP contribution in [0.3, 0.4) is 0 Å². The molecule has 0 spiro atoms. The Morgan fingerprint density at radius 2 is 2.05 bits per heavy atom. The topological polar surface area (TPSA) is 55.8 Å². The number of carbonyl (C=O) groups excluding carboxylic acids is 2. The molecule has 0 aliphatic heterocycles. The fraction of sp³-hybridized carbons (Fsp3) is 0.467. The Labute approximate surface area is 129 Å². The maximum Gasteiger partial charge on any atom is 0.325 e. The molecule has 1 rings (SSSR count). The molecule has 6 heteroatoms. The van der Waals surface area contributed by atoms with Gasteiger partial charge in [-0.05, 0) is 31.0 Å². The van der Waals surface area contributed by atoms with Gasteiger partial charge in [0, 0.05) is 6.54 Å². The van der Waals surface area contributed by atoms with Crippen molar-refractivity contribution in [1.29, 1.82) is 0 Å². The van der Waals surface area contributed by atoms with Gasteiger partial charge in [-0.3, -0.25) is 9.59 Å². The molecule has 116 valence electrons. The van der Waals surface area contributed by atoms with Gasteiger partial charge < -0.3 is 14.4 Å². The predicted octanol–water partition coefficient (Wildman–Crippen LogP) is 2.44. The van der Waals surface area contributed by atoms with Crippen molar-refractivity contribution in [1.82, 2.24) is 4.90 Å². The number of hydrogen-bond donors (Lipinski definition) is 0. The van der Waals surface area contributed by atoms with E-state index in [0.717, 1.165) is 12.0 Å². The monoisotopic (exact) mass is 313 g/mol. The van der Waals surface area contributed by atoms with E-state index >= 15 is 0 Å². The Balaban J connectivity index is 2.64. The van der Waals surface area contributed by atoms with E-state index in [-0.39, 0.29) is 19.1 Å². The van der Waals surface area contributed by atoms with Gasteiger partial charge in [0.05, 0.1) is 12.1 Å². The quantitative estimate of drug-likeness (QED) is 0.726. The minimum absolute atomic E-state index is 0.0753. The van der Waals surface area contributed by atoms with Crippen LogP contribution in [-0.2, 0) is 14.3 Å². The SMILES string of the molecule is CCCN(CC(=O)OC)C(=O)COc1cc(C)ccc1Cl. The van der Waals surface area contributed by atoms with Crippen LogP contribution in [0.4, 0.5) is 0 Å². The maximum atomic E-state index is 12.1. The van der Waals surface area contributed by atoms with Crippen molar-refractivity contribution in [2.24, 2.45) is 0 Å². The van der Waals surface area contributed by atoms with E-state index in [0.29, 0.717) is 17.3 Å². The standard InChI is InChI=1S/C15H20ClNO4/c1-4-7-17(9-15(19)20-3)14(18)10-21-13-8-11(2)5-6-12(13)16/h5-6,8H,4,7,9-10H2,1-3H3. The zero-order valence-electron chi connectivity index (χ0n) is 12.5. The van der Waals surface area contributed by atoms with Crippen molar-refractivity contribution < 1.29 is 19.1 Å². The van der Waals surface area contributed by atoms with Crippen LogP contribution in [0.2, 0.25) is 5.02 Å². The number of carbonyl (C=O) groups is 2. The van der Waals surface area contributed by atoms with Gasteiger partial charge in [0.25, 0.3) is 5.91 Å². The molecule has 0 radical (unpaired) electrons. The number of benzene rings is 1. The summed E-state index contributed by atoms with van der Waals surface area (Å²) in [6.07, 6.45) is 0.744. The van der Waals surface area contributed by atoms with Gasteiger partial charge in [-0.1, -0.05) is 24.6 Å². The van der Waals surface area contributed by atoms with Crippen molar-refractivity contribution in [2.45, 2.75) is 20.3 Å². The Morgan fingerprint density at radius 1 is 1.33 bits per heavy atom. The summed E-state index contributed by atoms with van der Waals surface area (Å²) in [7, 11) is 1.29. The Morgan fingerprint density at radius 3 is 2.67 bits per heavy atom. The summed E-state index contributed by atoms with van der Waals surface area (Å²) in [6.45, 7) is 4.06. The second-order valence-corrected chi connectivity index (χ2v) is 5.02. The normalized spacial score (nSPS) is 10.1. The average Bonchev–Trinajstić information content (AvgIpc) is 2.47. The number of aryl methyl sites for hydroxylation is 1. The first-order valence-electron chi connectivity index (χ1n) is 6.71. The highest BCUT2D eigenvalue weighted by Crippen LogP contribution is 2.25. The predicted molar refractivity (Wildman–Crippen MR) is 80.6 cm³/mol. The van der Waals surface area contributed by atoms with Crippen LogP contribution < -0.4 is 4.74 Å². The van der Waals surface area contributed by atoms with E-state index in [1.165, 1.54) is 12.0 Å². The first-order valence-corrected chi connectivity index (χ1v) is 7.09. The lowest BCUT2D eigenvalue weighted by molar-refractivity contribution is -0.147. The Hall–Kier alpha value is -1.75. The lowest BCUT2D eigenvalue weighted by Gasteiger charge is -2.21. The molecule has 1 aromatic rings. The summed E-state index contributed by atoms with van der Waals surface area (Å²) in [5.74, 6) is -0.273. The molecule has 0 atom stereocenters. The fourth-order valence-electron chi connectivity index (χ4n) is 1.73. The van der Waals surface area contributed by atoms with E-state index in [2.05, 4.69) is 4.74 Å². The second kappa shape index (κ2) is 8.52.